The summed E-state index contributed by atoms with van der Waals surface area (Å²) in [5, 5.41) is 8.80. The third-order valence-corrected chi connectivity index (χ3v) is 2.81. The number of carbonyl (C=O) groups excluding carboxylic acids is 1. The van der Waals surface area contributed by atoms with Crippen molar-refractivity contribution in [3.63, 3.8) is 0 Å². The van der Waals surface area contributed by atoms with Gasteiger partial charge in [0.05, 0.1) is 12.5 Å². The Balaban J connectivity index is 2.19. The van der Waals surface area contributed by atoms with Crippen LogP contribution in [0.4, 0.5) is 0 Å². The maximum absolute atomic E-state index is 11.3. The lowest BCUT2D eigenvalue weighted by atomic mass is 9.78. The standard InChI is InChI=1S/C8H11NO3/c10-7-4-9-2-1-5(7)6(3-9)8(11)12/h5-6H,1-4H2,(H,11,12). The molecular formula is C8H11NO3. The van der Waals surface area contributed by atoms with Gasteiger partial charge in [-0.25, -0.2) is 0 Å². The molecule has 0 aromatic heterocycles. The summed E-state index contributed by atoms with van der Waals surface area (Å²) in [7, 11) is 0. The quantitative estimate of drug-likeness (QED) is 0.580. The number of nitrogens with zero attached hydrogens (tertiary/aromatic N) is 1. The average Bonchev–Trinajstić information content (AvgIpc) is 2.04. The van der Waals surface area contributed by atoms with Crippen LogP contribution in [0.2, 0.25) is 0 Å². The van der Waals surface area contributed by atoms with Gasteiger partial charge in [-0.3, -0.25) is 14.5 Å². The summed E-state index contributed by atoms with van der Waals surface area (Å²) >= 11 is 0. The second kappa shape index (κ2) is 2.55. The SMILES string of the molecule is O=C(O)C1CN2CCC1C(=O)C2. The molecule has 3 unspecified atom stereocenters. The highest BCUT2D eigenvalue weighted by molar-refractivity contribution is 5.89. The van der Waals surface area contributed by atoms with E-state index < -0.39 is 11.9 Å². The molecule has 2 bridgehead atoms. The van der Waals surface area contributed by atoms with Gasteiger partial charge in [0.2, 0.25) is 0 Å². The van der Waals surface area contributed by atoms with Crippen molar-refractivity contribution in [2.24, 2.45) is 11.8 Å². The molecule has 3 rings (SSSR count). The second-order valence-corrected chi connectivity index (χ2v) is 3.54. The van der Waals surface area contributed by atoms with Crippen LogP contribution < -0.4 is 0 Å². The largest absolute Gasteiger partial charge is 0.481 e. The molecule has 3 atom stereocenters. The summed E-state index contributed by atoms with van der Waals surface area (Å²) in [6.45, 7) is 1.92. The highest BCUT2D eigenvalue weighted by atomic mass is 16.4. The summed E-state index contributed by atoms with van der Waals surface area (Å²) < 4.78 is 0. The molecule has 3 aliphatic heterocycles. The third-order valence-electron chi connectivity index (χ3n) is 2.81. The summed E-state index contributed by atoms with van der Waals surface area (Å²) in [5.74, 6) is -1.36. The molecule has 66 valence electrons. The number of aliphatic carboxylic acids is 1. The van der Waals surface area contributed by atoms with Crippen molar-refractivity contribution in [3.05, 3.63) is 0 Å². The number of hydrogen-bond acceptors (Lipinski definition) is 3. The Morgan fingerprint density at radius 2 is 2.33 bits per heavy atom. The fraction of sp³-hybridized carbons (Fsp3) is 0.750. The number of ketones is 1. The van der Waals surface area contributed by atoms with Gasteiger partial charge in [-0.15, -0.1) is 0 Å². The van der Waals surface area contributed by atoms with E-state index in [4.69, 9.17) is 5.11 Å². The second-order valence-electron chi connectivity index (χ2n) is 3.54. The van der Waals surface area contributed by atoms with Gasteiger partial charge in [0.1, 0.15) is 0 Å². The Labute approximate surface area is 70.2 Å². The smallest absolute Gasteiger partial charge is 0.308 e. The van der Waals surface area contributed by atoms with Gasteiger partial charge in [-0.2, -0.15) is 0 Å². The molecule has 0 aromatic carbocycles. The molecular weight excluding hydrogens is 158 g/mol. The Kier molecular flexibility index (Phi) is 1.65. The lowest BCUT2D eigenvalue weighted by molar-refractivity contribution is -0.154. The molecule has 0 spiro atoms. The van der Waals surface area contributed by atoms with Gasteiger partial charge >= 0.3 is 5.97 Å². The molecule has 0 aliphatic carbocycles. The van der Waals surface area contributed by atoms with E-state index in [1.165, 1.54) is 0 Å². The minimum absolute atomic E-state index is 0.111. The molecule has 4 nitrogen and oxygen atoms in total. The molecule has 3 heterocycles. The Hall–Kier alpha value is -0.900. The van der Waals surface area contributed by atoms with E-state index in [0.717, 1.165) is 13.0 Å². The fourth-order valence-corrected chi connectivity index (χ4v) is 2.14. The van der Waals surface area contributed by atoms with Gasteiger partial charge in [0, 0.05) is 12.5 Å². The van der Waals surface area contributed by atoms with Crippen molar-refractivity contribution in [1.29, 1.82) is 0 Å². The first-order valence-corrected chi connectivity index (χ1v) is 4.16. The number of Topliss-reactive ketones (excluding diaryl/α,β-unsaturated/α-hetero) is 1. The average molecular weight is 169 g/mol. The van der Waals surface area contributed by atoms with E-state index in [1.54, 1.807) is 0 Å². The number of rotatable bonds is 1. The molecule has 0 saturated carbocycles. The van der Waals surface area contributed by atoms with Crippen LogP contribution in [0.1, 0.15) is 6.42 Å². The maximum Gasteiger partial charge on any atom is 0.308 e. The number of carboxylic acid groups (broad SMARTS) is 1. The molecule has 3 saturated heterocycles. The van der Waals surface area contributed by atoms with Crippen molar-refractivity contribution >= 4 is 11.8 Å². The van der Waals surface area contributed by atoms with E-state index in [-0.39, 0.29) is 11.7 Å². The topological polar surface area (TPSA) is 57.6 Å². The van der Waals surface area contributed by atoms with Crippen LogP contribution in [0.15, 0.2) is 0 Å². The monoisotopic (exact) mass is 169 g/mol. The minimum Gasteiger partial charge on any atom is -0.481 e. The Morgan fingerprint density at radius 3 is 2.75 bits per heavy atom. The lowest BCUT2D eigenvalue weighted by Crippen LogP contribution is -2.55. The summed E-state index contributed by atoms with van der Waals surface area (Å²) in [4.78, 5) is 23.9. The number of fused-ring (bicyclic) bond motifs is 3. The van der Waals surface area contributed by atoms with Crippen LogP contribution >= 0.6 is 0 Å². The van der Waals surface area contributed by atoms with Gasteiger partial charge < -0.3 is 5.11 Å². The van der Waals surface area contributed by atoms with Crippen molar-refractivity contribution in [2.45, 2.75) is 6.42 Å². The zero-order chi connectivity index (χ0) is 8.72. The summed E-state index contributed by atoms with van der Waals surface area (Å²) in [6, 6.07) is 0. The van der Waals surface area contributed by atoms with Crippen LogP contribution in [0.3, 0.4) is 0 Å². The normalized spacial score (nSPS) is 40.0. The van der Waals surface area contributed by atoms with Crippen LogP contribution in [-0.2, 0) is 9.59 Å². The van der Waals surface area contributed by atoms with E-state index in [0.29, 0.717) is 13.1 Å². The highest BCUT2D eigenvalue weighted by Crippen LogP contribution is 2.29. The first-order chi connectivity index (χ1) is 5.68. The Morgan fingerprint density at radius 1 is 1.58 bits per heavy atom. The lowest BCUT2D eigenvalue weighted by Gasteiger charge is -2.41. The molecule has 0 aromatic rings. The van der Waals surface area contributed by atoms with E-state index >= 15 is 0 Å². The molecule has 0 radical (unpaired) electrons. The first kappa shape index (κ1) is 7.73. The van der Waals surface area contributed by atoms with E-state index in [9.17, 15) is 9.59 Å². The molecule has 0 amide bonds. The molecule has 1 N–H and O–H groups in total. The minimum atomic E-state index is -0.822. The summed E-state index contributed by atoms with van der Waals surface area (Å²) in [6.07, 6.45) is 0.732. The van der Waals surface area contributed by atoms with Gasteiger partial charge in [0.15, 0.2) is 5.78 Å². The molecule has 12 heavy (non-hydrogen) atoms. The van der Waals surface area contributed by atoms with Crippen LogP contribution in [0.25, 0.3) is 0 Å². The zero-order valence-electron chi connectivity index (χ0n) is 6.69. The van der Waals surface area contributed by atoms with Gasteiger partial charge in [-0.05, 0) is 13.0 Å². The fourth-order valence-electron chi connectivity index (χ4n) is 2.14. The van der Waals surface area contributed by atoms with Crippen LogP contribution in [0, 0.1) is 11.8 Å². The van der Waals surface area contributed by atoms with Crippen LogP contribution in [-0.4, -0.2) is 41.4 Å². The van der Waals surface area contributed by atoms with Gasteiger partial charge in [-0.1, -0.05) is 0 Å². The number of carbonyl (C=O) groups is 2. The highest BCUT2D eigenvalue weighted by Gasteiger charge is 2.43. The molecule has 4 heteroatoms. The third kappa shape index (κ3) is 1.03. The van der Waals surface area contributed by atoms with Crippen molar-refractivity contribution in [1.82, 2.24) is 4.90 Å². The Bertz CT molecular complexity index is 238. The predicted molar refractivity (Wildman–Crippen MR) is 40.7 cm³/mol. The summed E-state index contributed by atoms with van der Waals surface area (Å²) in [5.41, 5.74) is 0. The van der Waals surface area contributed by atoms with Crippen molar-refractivity contribution in [3.8, 4) is 0 Å². The predicted octanol–water partition coefficient (Wildman–Crippen LogP) is -0.408. The maximum atomic E-state index is 11.3. The number of hydrogen-bond donors (Lipinski definition) is 1. The molecule has 3 aliphatic rings. The van der Waals surface area contributed by atoms with Crippen LogP contribution in [0.5, 0.6) is 0 Å². The zero-order valence-corrected chi connectivity index (χ0v) is 6.69. The number of carboxylic acids is 1. The van der Waals surface area contributed by atoms with E-state index in [2.05, 4.69) is 0 Å². The first-order valence-electron chi connectivity index (χ1n) is 4.16. The van der Waals surface area contributed by atoms with Crippen molar-refractivity contribution in [2.75, 3.05) is 19.6 Å². The van der Waals surface area contributed by atoms with E-state index in [1.807, 2.05) is 4.90 Å². The van der Waals surface area contributed by atoms with Crippen molar-refractivity contribution < 1.29 is 14.7 Å². The molecule has 3 fully saturated rings. The number of piperidine rings is 3. The van der Waals surface area contributed by atoms with Gasteiger partial charge in [0.25, 0.3) is 0 Å².